The monoisotopic (exact) mass is 175 g/mol. The summed E-state index contributed by atoms with van der Waals surface area (Å²) in [7, 11) is 0. The maximum atomic E-state index is 11.0. The first-order chi connectivity index (χ1) is 5.11. The number of rotatable bonds is 4. The van der Waals surface area contributed by atoms with Gasteiger partial charge in [-0.1, -0.05) is 6.92 Å². The van der Waals surface area contributed by atoms with Crippen LogP contribution in [-0.4, -0.2) is 23.5 Å². The maximum Gasteiger partial charge on any atom is 0.217 e. The maximum absolute atomic E-state index is 11.0. The van der Waals surface area contributed by atoms with Crippen molar-refractivity contribution < 1.29 is 9.59 Å². The van der Waals surface area contributed by atoms with E-state index in [-0.39, 0.29) is 11.7 Å². The lowest BCUT2D eigenvalue weighted by atomic mass is 10.2. The van der Waals surface area contributed by atoms with E-state index in [0.29, 0.717) is 12.2 Å². The number of ketones is 1. The summed E-state index contributed by atoms with van der Waals surface area (Å²) >= 11 is 3.95. The molecule has 0 heterocycles. The van der Waals surface area contributed by atoms with E-state index in [0.717, 1.165) is 0 Å². The van der Waals surface area contributed by atoms with Gasteiger partial charge in [0.2, 0.25) is 5.91 Å². The number of amides is 1. The van der Waals surface area contributed by atoms with Gasteiger partial charge in [-0.3, -0.25) is 9.59 Å². The third-order valence-corrected chi connectivity index (χ3v) is 1.66. The predicted octanol–water partition coefficient (Wildman–Crippen LogP) is 0.400. The van der Waals surface area contributed by atoms with Crippen LogP contribution in [0.3, 0.4) is 0 Å². The second kappa shape index (κ2) is 5.18. The molecular weight excluding hydrogens is 162 g/mol. The topological polar surface area (TPSA) is 46.2 Å². The van der Waals surface area contributed by atoms with Crippen LogP contribution in [0.2, 0.25) is 0 Å². The summed E-state index contributed by atoms with van der Waals surface area (Å²) in [6.07, 6.45) is 0.436. The second-order valence-electron chi connectivity index (χ2n) is 2.26. The van der Waals surface area contributed by atoms with Gasteiger partial charge >= 0.3 is 0 Å². The summed E-state index contributed by atoms with van der Waals surface area (Å²) in [5.74, 6) is 0.202. The molecule has 0 aliphatic rings. The first kappa shape index (κ1) is 10.5. The first-order valence-electron chi connectivity index (χ1n) is 3.52. The standard InChI is InChI=1S/C7H13NO2S/c1-3-7(10)6(4-11)8-5(2)9/h6,11H,3-4H2,1-2H3,(H,8,9). The van der Waals surface area contributed by atoms with Crippen LogP contribution in [0.1, 0.15) is 20.3 Å². The number of thiol groups is 1. The van der Waals surface area contributed by atoms with Gasteiger partial charge in [0.25, 0.3) is 0 Å². The highest BCUT2D eigenvalue weighted by Crippen LogP contribution is 1.93. The van der Waals surface area contributed by atoms with Crippen molar-refractivity contribution in [3.63, 3.8) is 0 Å². The van der Waals surface area contributed by atoms with Crippen molar-refractivity contribution in [1.82, 2.24) is 5.32 Å². The molecule has 11 heavy (non-hydrogen) atoms. The van der Waals surface area contributed by atoms with Crippen LogP contribution in [-0.2, 0) is 9.59 Å². The summed E-state index contributed by atoms with van der Waals surface area (Å²) in [5, 5.41) is 2.52. The van der Waals surface area contributed by atoms with E-state index in [2.05, 4.69) is 17.9 Å². The Labute approximate surface area is 72.0 Å². The smallest absolute Gasteiger partial charge is 0.217 e. The molecule has 0 bridgehead atoms. The van der Waals surface area contributed by atoms with Crippen molar-refractivity contribution >= 4 is 24.3 Å². The Morgan fingerprint density at radius 1 is 1.55 bits per heavy atom. The van der Waals surface area contributed by atoms with Gasteiger partial charge in [0.05, 0.1) is 6.04 Å². The molecule has 1 unspecified atom stereocenters. The van der Waals surface area contributed by atoms with Gasteiger partial charge in [-0.25, -0.2) is 0 Å². The van der Waals surface area contributed by atoms with Gasteiger partial charge in [-0.2, -0.15) is 12.6 Å². The summed E-state index contributed by atoms with van der Waals surface area (Å²) in [5.41, 5.74) is 0. The van der Waals surface area contributed by atoms with Crippen molar-refractivity contribution in [3.05, 3.63) is 0 Å². The van der Waals surface area contributed by atoms with Crippen LogP contribution < -0.4 is 5.32 Å². The Hall–Kier alpha value is -0.510. The van der Waals surface area contributed by atoms with Crippen molar-refractivity contribution in [2.45, 2.75) is 26.3 Å². The SMILES string of the molecule is CCC(=O)C(CS)NC(C)=O. The van der Waals surface area contributed by atoms with Gasteiger partial charge in [0, 0.05) is 19.1 Å². The largest absolute Gasteiger partial charge is 0.346 e. The zero-order valence-corrected chi connectivity index (χ0v) is 7.65. The fourth-order valence-corrected chi connectivity index (χ4v) is 1.01. The molecular formula is C7H13NO2S. The Morgan fingerprint density at radius 2 is 2.09 bits per heavy atom. The van der Waals surface area contributed by atoms with Crippen LogP contribution in [0.25, 0.3) is 0 Å². The van der Waals surface area contributed by atoms with E-state index < -0.39 is 6.04 Å². The van der Waals surface area contributed by atoms with Gasteiger partial charge < -0.3 is 5.32 Å². The fraction of sp³-hybridized carbons (Fsp3) is 0.714. The molecule has 0 aromatic rings. The van der Waals surface area contributed by atoms with Crippen LogP contribution >= 0.6 is 12.6 Å². The van der Waals surface area contributed by atoms with Crippen LogP contribution in [0.5, 0.6) is 0 Å². The Kier molecular flexibility index (Phi) is 4.94. The number of hydrogen-bond donors (Lipinski definition) is 2. The van der Waals surface area contributed by atoms with Crippen molar-refractivity contribution in [1.29, 1.82) is 0 Å². The van der Waals surface area contributed by atoms with E-state index in [4.69, 9.17) is 0 Å². The fourth-order valence-electron chi connectivity index (χ4n) is 0.720. The van der Waals surface area contributed by atoms with E-state index in [1.807, 2.05) is 0 Å². The molecule has 0 aromatic heterocycles. The zero-order chi connectivity index (χ0) is 8.85. The molecule has 1 atom stereocenters. The third-order valence-electron chi connectivity index (χ3n) is 1.30. The molecule has 0 saturated carbocycles. The Bertz CT molecular complexity index is 159. The highest BCUT2D eigenvalue weighted by atomic mass is 32.1. The van der Waals surface area contributed by atoms with Crippen LogP contribution in [0.15, 0.2) is 0 Å². The summed E-state index contributed by atoms with van der Waals surface area (Å²) < 4.78 is 0. The van der Waals surface area contributed by atoms with E-state index in [9.17, 15) is 9.59 Å². The first-order valence-corrected chi connectivity index (χ1v) is 4.15. The highest BCUT2D eigenvalue weighted by Gasteiger charge is 2.14. The molecule has 4 heteroatoms. The van der Waals surface area contributed by atoms with Gasteiger partial charge in [0.15, 0.2) is 5.78 Å². The van der Waals surface area contributed by atoms with Crippen LogP contribution in [0.4, 0.5) is 0 Å². The lowest BCUT2D eigenvalue weighted by Crippen LogP contribution is -2.40. The summed E-state index contributed by atoms with van der Waals surface area (Å²) in [6.45, 7) is 3.15. The van der Waals surface area contributed by atoms with Gasteiger partial charge in [0.1, 0.15) is 0 Å². The van der Waals surface area contributed by atoms with Gasteiger partial charge in [-0.15, -0.1) is 0 Å². The number of nitrogens with one attached hydrogen (secondary N) is 1. The van der Waals surface area contributed by atoms with E-state index in [1.54, 1.807) is 6.92 Å². The number of Topliss-reactive ketones (excluding diaryl/α,β-unsaturated/α-hetero) is 1. The molecule has 64 valence electrons. The lowest BCUT2D eigenvalue weighted by molar-refractivity contribution is -0.126. The minimum absolute atomic E-state index is 0.0233. The third kappa shape index (κ3) is 4.03. The molecule has 0 aliphatic carbocycles. The van der Waals surface area contributed by atoms with E-state index in [1.165, 1.54) is 6.92 Å². The summed E-state index contributed by atoms with van der Waals surface area (Å²) in [6, 6.07) is -0.416. The average molecular weight is 175 g/mol. The van der Waals surface area contributed by atoms with Crippen molar-refractivity contribution in [2.75, 3.05) is 5.75 Å². The molecule has 0 spiro atoms. The highest BCUT2D eigenvalue weighted by molar-refractivity contribution is 7.80. The molecule has 0 fully saturated rings. The van der Waals surface area contributed by atoms with E-state index >= 15 is 0 Å². The quantitative estimate of drug-likeness (QED) is 0.607. The molecule has 0 aliphatic heterocycles. The molecule has 0 radical (unpaired) electrons. The number of hydrogen-bond acceptors (Lipinski definition) is 3. The molecule has 3 nitrogen and oxygen atoms in total. The number of carbonyl (C=O) groups excluding carboxylic acids is 2. The molecule has 0 aromatic carbocycles. The lowest BCUT2D eigenvalue weighted by Gasteiger charge is -2.12. The average Bonchev–Trinajstić information content (AvgIpc) is 1.98. The molecule has 1 amide bonds. The number of carbonyl (C=O) groups is 2. The predicted molar refractivity (Wildman–Crippen MR) is 46.8 cm³/mol. The van der Waals surface area contributed by atoms with Crippen molar-refractivity contribution in [2.24, 2.45) is 0 Å². The molecule has 0 rings (SSSR count). The Morgan fingerprint density at radius 3 is 2.36 bits per heavy atom. The van der Waals surface area contributed by atoms with Gasteiger partial charge in [-0.05, 0) is 0 Å². The molecule has 0 saturated heterocycles. The normalized spacial score (nSPS) is 12.3. The second-order valence-corrected chi connectivity index (χ2v) is 2.62. The van der Waals surface area contributed by atoms with Crippen LogP contribution in [0, 0.1) is 0 Å². The summed E-state index contributed by atoms with van der Waals surface area (Å²) in [4.78, 5) is 21.6. The minimum Gasteiger partial charge on any atom is -0.346 e. The zero-order valence-electron chi connectivity index (χ0n) is 6.76. The Balaban J connectivity index is 3.94. The molecule has 1 N–H and O–H groups in total. The minimum atomic E-state index is -0.416. The van der Waals surface area contributed by atoms with Crippen molar-refractivity contribution in [3.8, 4) is 0 Å².